The molecule has 1 aromatic rings. The third-order valence-electron chi connectivity index (χ3n) is 1.64. The molecule has 0 aliphatic carbocycles. The number of thiazole rings is 1. The van der Waals surface area contributed by atoms with Crippen molar-refractivity contribution in [2.24, 2.45) is 5.73 Å². The molecule has 0 saturated carbocycles. The van der Waals surface area contributed by atoms with Crippen LogP contribution in [0.15, 0.2) is 0 Å². The van der Waals surface area contributed by atoms with Gasteiger partial charge in [-0.2, -0.15) is 13.2 Å². The summed E-state index contributed by atoms with van der Waals surface area (Å²) in [5.74, 6) is 0. The van der Waals surface area contributed by atoms with E-state index < -0.39 is 12.6 Å². The first-order valence-corrected chi connectivity index (χ1v) is 4.90. The highest BCUT2D eigenvalue weighted by molar-refractivity contribution is 7.11. The van der Waals surface area contributed by atoms with Gasteiger partial charge < -0.3 is 5.73 Å². The van der Waals surface area contributed by atoms with Gasteiger partial charge in [0.15, 0.2) is 0 Å². The number of nitrogens with zero attached hydrogens (tertiary/aromatic N) is 1. The Labute approximate surface area is 84.0 Å². The molecule has 80 valence electrons. The van der Waals surface area contributed by atoms with Gasteiger partial charge in [0.25, 0.3) is 0 Å². The van der Waals surface area contributed by atoms with Crippen LogP contribution >= 0.6 is 11.3 Å². The van der Waals surface area contributed by atoms with Gasteiger partial charge in [0.05, 0.1) is 12.1 Å². The number of rotatable bonds is 2. The second-order valence-corrected chi connectivity index (χ2v) is 4.25. The molecule has 0 aliphatic rings. The van der Waals surface area contributed by atoms with Crippen molar-refractivity contribution in [1.82, 2.24) is 4.98 Å². The van der Waals surface area contributed by atoms with E-state index in [4.69, 9.17) is 5.73 Å². The minimum atomic E-state index is -4.20. The fourth-order valence-corrected chi connectivity index (χ4v) is 2.19. The zero-order valence-corrected chi connectivity index (χ0v) is 8.67. The molecule has 0 bridgehead atoms. The van der Waals surface area contributed by atoms with Crippen LogP contribution in [0.4, 0.5) is 13.2 Å². The Hall–Kier alpha value is -0.620. The number of aryl methyl sites for hydroxylation is 1. The van der Waals surface area contributed by atoms with Crippen LogP contribution in [0.2, 0.25) is 0 Å². The molecule has 0 amide bonds. The second kappa shape index (κ2) is 3.86. The van der Waals surface area contributed by atoms with Crippen molar-refractivity contribution >= 4 is 11.3 Å². The van der Waals surface area contributed by atoms with Crippen LogP contribution in [0.5, 0.6) is 0 Å². The standard InChI is InChI=1S/C8H11F3N2S/c1-4(12)7-5(2)13-6(14-7)3-8(9,10)11/h4H,3,12H2,1-2H3. The predicted octanol–water partition coefficient (Wildman–Crippen LogP) is 2.58. The maximum atomic E-state index is 12.0. The monoisotopic (exact) mass is 224 g/mol. The van der Waals surface area contributed by atoms with E-state index in [1.165, 1.54) is 0 Å². The largest absolute Gasteiger partial charge is 0.395 e. The number of hydrogen-bond donors (Lipinski definition) is 1. The normalized spacial score (nSPS) is 14.4. The minimum Gasteiger partial charge on any atom is -0.323 e. The van der Waals surface area contributed by atoms with Crippen molar-refractivity contribution in [3.63, 3.8) is 0 Å². The van der Waals surface area contributed by atoms with Crippen molar-refractivity contribution in [2.45, 2.75) is 32.5 Å². The second-order valence-electron chi connectivity index (χ2n) is 3.14. The maximum absolute atomic E-state index is 12.0. The number of nitrogens with two attached hydrogens (primary N) is 1. The zero-order chi connectivity index (χ0) is 10.9. The van der Waals surface area contributed by atoms with Gasteiger partial charge in [0.2, 0.25) is 0 Å². The summed E-state index contributed by atoms with van der Waals surface area (Å²) in [7, 11) is 0. The summed E-state index contributed by atoms with van der Waals surface area (Å²) in [6, 6.07) is -0.255. The van der Waals surface area contributed by atoms with Crippen LogP contribution in [-0.4, -0.2) is 11.2 Å². The van der Waals surface area contributed by atoms with Crippen LogP contribution in [0.1, 0.15) is 28.5 Å². The molecular formula is C8H11F3N2S. The lowest BCUT2D eigenvalue weighted by molar-refractivity contribution is -0.127. The van der Waals surface area contributed by atoms with Gasteiger partial charge in [0.1, 0.15) is 5.01 Å². The van der Waals surface area contributed by atoms with Gasteiger partial charge in [-0.05, 0) is 13.8 Å². The van der Waals surface area contributed by atoms with E-state index in [0.717, 1.165) is 16.2 Å². The highest BCUT2D eigenvalue weighted by Crippen LogP contribution is 2.28. The van der Waals surface area contributed by atoms with Gasteiger partial charge in [0, 0.05) is 10.9 Å². The molecule has 1 unspecified atom stereocenters. The molecule has 6 heteroatoms. The summed E-state index contributed by atoms with van der Waals surface area (Å²) in [5, 5.41) is 0.0855. The lowest BCUT2D eigenvalue weighted by Gasteiger charge is -2.02. The number of aromatic nitrogens is 1. The van der Waals surface area contributed by atoms with Gasteiger partial charge in [-0.15, -0.1) is 11.3 Å². The molecule has 0 aromatic carbocycles. The molecule has 1 heterocycles. The molecule has 0 radical (unpaired) electrons. The van der Waals surface area contributed by atoms with Crippen molar-refractivity contribution < 1.29 is 13.2 Å². The van der Waals surface area contributed by atoms with Crippen LogP contribution < -0.4 is 5.73 Å². The van der Waals surface area contributed by atoms with Gasteiger partial charge in [-0.25, -0.2) is 4.98 Å². The fourth-order valence-electron chi connectivity index (χ4n) is 1.14. The van der Waals surface area contributed by atoms with Gasteiger partial charge >= 0.3 is 6.18 Å². The lowest BCUT2D eigenvalue weighted by Crippen LogP contribution is -2.11. The summed E-state index contributed by atoms with van der Waals surface area (Å²) in [6.45, 7) is 3.41. The van der Waals surface area contributed by atoms with E-state index >= 15 is 0 Å². The zero-order valence-electron chi connectivity index (χ0n) is 7.85. The van der Waals surface area contributed by atoms with E-state index in [0.29, 0.717) is 5.69 Å². The van der Waals surface area contributed by atoms with E-state index in [2.05, 4.69) is 4.98 Å². The minimum absolute atomic E-state index is 0.0855. The summed E-state index contributed by atoms with van der Waals surface area (Å²) < 4.78 is 36.1. The third-order valence-corrected chi connectivity index (χ3v) is 3.00. The van der Waals surface area contributed by atoms with Crippen molar-refractivity contribution in [2.75, 3.05) is 0 Å². The fraction of sp³-hybridized carbons (Fsp3) is 0.625. The summed E-state index contributed by atoms with van der Waals surface area (Å²) >= 11 is 1.04. The van der Waals surface area contributed by atoms with E-state index in [1.807, 2.05) is 0 Å². The first-order valence-electron chi connectivity index (χ1n) is 4.08. The molecule has 0 saturated heterocycles. The average Bonchev–Trinajstić information content (AvgIpc) is 2.26. The lowest BCUT2D eigenvalue weighted by atomic mass is 10.2. The molecular weight excluding hydrogens is 213 g/mol. The Kier molecular flexibility index (Phi) is 3.16. The highest BCUT2D eigenvalue weighted by Gasteiger charge is 2.30. The Morgan fingerprint density at radius 2 is 2.07 bits per heavy atom. The van der Waals surface area contributed by atoms with E-state index in [9.17, 15) is 13.2 Å². The smallest absolute Gasteiger partial charge is 0.323 e. The van der Waals surface area contributed by atoms with Crippen molar-refractivity contribution in [3.05, 3.63) is 15.6 Å². The molecule has 1 aromatic heterocycles. The quantitative estimate of drug-likeness (QED) is 0.838. The summed E-state index contributed by atoms with van der Waals surface area (Å²) in [5.41, 5.74) is 6.18. The predicted molar refractivity (Wildman–Crippen MR) is 49.2 cm³/mol. The molecule has 0 aliphatic heterocycles. The van der Waals surface area contributed by atoms with E-state index in [1.54, 1.807) is 13.8 Å². The van der Waals surface area contributed by atoms with Crippen LogP contribution in [-0.2, 0) is 6.42 Å². The third kappa shape index (κ3) is 2.95. The summed E-state index contributed by atoms with van der Waals surface area (Å²) in [4.78, 5) is 4.56. The average molecular weight is 224 g/mol. The molecule has 1 rings (SSSR count). The SMILES string of the molecule is Cc1nc(CC(F)(F)F)sc1C(C)N. The number of halogens is 3. The molecule has 14 heavy (non-hydrogen) atoms. The Balaban J connectivity index is 2.86. The van der Waals surface area contributed by atoms with Gasteiger partial charge in [-0.1, -0.05) is 0 Å². The van der Waals surface area contributed by atoms with Crippen LogP contribution in [0, 0.1) is 6.92 Å². The molecule has 1 atom stereocenters. The topological polar surface area (TPSA) is 38.9 Å². The maximum Gasteiger partial charge on any atom is 0.395 e. The van der Waals surface area contributed by atoms with Crippen LogP contribution in [0.3, 0.4) is 0 Å². The first-order chi connectivity index (χ1) is 6.29. The molecule has 0 spiro atoms. The molecule has 2 N–H and O–H groups in total. The Morgan fingerprint density at radius 1 is 1.50 bits per heavy atom. The van der Waals surface area contributed by atoms with Crippen LogP contribution in [0.25, 0.3) is 0 Å². The van der Waals surface area contributed by atoms with Gasteiger partial charge in [-0.3, -0.25) is 0 Å². The first kappa shape index (κ1) is 11.5. The number of hydrogen-bond acceptors (Lipinski definition) is 3. The van der Waals surface area contributed by atoms with Crippen molar-refractivity contribution in [1.29, 1.82) is 0 Å². The van der Waals surface area contributed by atoms with E-state index in [-0.39, 0.29) is 11.0 Å². The molecule has 0 fully saturated rings. The Morgan fingerprint density at radius 3 is 2.43 bits per heavy atom. The Bertz CT molecular complexity index is 317. The number of alkyl halides is 3. The highest BCUT2D eigenvalue weighted by atomic mass is 32.1. The summed E-state index contributed by atoms with van der Waals surface area (Å²) in [6.07, 6.45) is -5.16. The van der Waals surface area contributed by atoms with Crippen molar-refractivity contribution in [3.8, 4) is 0 Å². The molecule has 2 nitrogen and oxygen atoms in total.